The number of thioether (sulfide) groups is 1. The number of hydrogen-bond donors (Lipinski definition) is 2. The lowest BCUT2D eigenvalue weighted by atomic mass is 10.2. The van der Waals surface area contributed by atoms with Crippen molar-refractivity contribution in [2.24, 2.45) is 0 Å². The van der Waals surface area contributed by atoms with Gasteiger partial charge >= 0.3 is 0 Å². The average molecular weight is 445 g/mol. The van der Waals surface area contributed by atoms with Crippen LogP contribution in [0.15, 0.2) is 59.6 Å². The maximum Gasteiger partial charge on any atom is 0.234 e. The van der Waals surface area contributed by atoms with Crippen LogP contribution in [-0.2, 0) is 11.3 Å². The molecule has 2 N–H and O–H groups in total. The zero-order valence-electron chi connectivity index (χ0n) is 16.5. The van der Waals surface area contributed by atoms with E-state index in [2.05, 4.69) is 20.8 Å². The van der Waals surface area contributed by atoms with Crippen LogP contribution >= 0.6 is 23.4 Å². The highest BCUT2D eigenvalue weighted by Crippen LogP contribution is 2.29. The second-order valence-electron chi connectivity index (χ2n) is 6.14. The van der Waals surface area contributed by atoms with E-state index < -0.39 is 0 Å². The minimum atomic E-state index is -0.182. The molecular formula is C21H21ClN4O3S. The third-order valence-electron chi connectivity index (χ3n) is 4.06. The fourth-order valence-corrected chi connectivity index (χ4v) is 3.26. The molecule has 1 amide bonds. The Hall–Kier alpha value is -2.97. The highest BCUT2D eigenvalue weighted by atomic mass is 35.5. The van der Waals surface area contributed by atoms with Gasteiger partial charge in [0, 0.05) is 17.6 Å². The van der Waals surface area contributed by atoms with Gasteiger partial charge in [-0.25, -0.2) is 0 Å². The number of carbonyl (C=O) groups is 1. The minimum Gasteiger partial charge on any atom is -0.497 e. The number of halogens is 1. The van der Waals surface area contributed by atoms with Crippen molar-refractivity contribution in [2.75, 3.05) is 30.6 Å². The van der Waals surface area contributed by atoms with Gasteiger partial charge in [0.1, 0.15) is 22.3 Å². The molecule has 0 atom stereocenters. The number of nitrogens with one attached hydrogen (secondary N) is 2. The van der Waals surface area contributed by atoms with E-state index >= 15 is 0 Å². The van der Waals surface area contributed by atoms with Gasteiger partial charge in [0.15, 0.2) is 0 Å². The molecule has 0 unspecified atom stereocenters. The normalized spacial score (nSPS) is 10.4. The maximum atomic E-state index is 12.3. The van der Waals surface area contributed by atoms with Crippen molar-refractivity contribution in [3.63, 3.8) is 0 Å². The summed E-state index contributed by atoms with van der Waals surface area (Å²) in [4.78, 5) is 12.3. The second-order valence-corrected chi connectivity index (χ2v) is 7.57. The number of nitrogens with zero attached hydrogens (tertiary/aromatic N) is 2. The van der Waals surface area contributed by atoms with Crippen LogP contribution in [0.5, 0.6) is 11.5 Å². The van der Waals surface area contributed by atoms with Crippen molar-refractivity contribution in [3.8, 4) is 11.5 Å². The number of hydrogen-bond acceptors (Lipinski definition) is 7. The Labute approximate surface area is 184 Å². The summed E-state index contributed by atoms with van der Waals surface area (Å²) in [6.45, 7) is 0.614. The van der Waals surface area contributed by atoms with Gasteiger partial charge in [0.05, 0.1) is 25.7 Å². The average Bonchev–Trinajstić information content (AvgIpc) is 2.78. The first-order valence-electron chi connectivity index (χ1n) is 9.04. The molecule has 9 heteroatoms. The van der Waals surface area contributed by atoms with Crippen molar-refractivity contribution in [1.82, 2.24) is 10.2 Å². The number of anilines is 2. The monoisotopic (exact) mass is 444 g/mol. The molecule has 0 spiro atoms. The van der Waals surface area contributed by atoms with Crippen molar-refractivity contribution in [2.45, 2.75) is 11.6 Å². The van der Waals surface area contributed by atoms with Crippen molar-refractivity contribution >= 4 is 40.8 Å². The van der Waals surface area contributed by atoms with E-state index in [0.717, 1.165) is 5.56 Å². The highest BCUT2D eigenvalue weighted by Gasteiger charge is 2.10. The quantitative estimate of drug-likeness (QED) is 0.470. The molecule has 0 aliphatic carbocycles. The molecule has 3 rings (SSSR count). The molecule has 0 bridgehead atoms. The Morgan fingerprint density at radius 2 is 1.83 bits per heavy atom. The first-order valence-corrected chi connectivity index (χ1v) is 10.4. The Kier molecular flexibility index (Phi) is 7.75. The van der Waals surface area contributed by atoms with Gasteiger partial charge in [0.2, 0.25) is 5.91 Å². The van der Waals surface area contributed by atoms with Gasteiger partial charge in [-0.2, -0.15) is 0 Å². The highest BCUT2D eigenvalue weighted by molar-refractivity contribution is 7.99. The number of benzene rings is 2. The Morgan fingerprint density at radius 3 is 2.50 bits per heavy atom. The molecule has 1 aromatic heterocycles. The van der Waals surface area contributed by atoms with Gasteiger partial charge in [0.25, 0.3) is 0 Å². The van der Waals surface area contributed by atoms with Crippen LogP contribution in [0.2, 0.25) is 5.02 Å². The van der Waals surface area contributed by atoms with E-state index in [1.165, 1.54) is 11.8 Å². The van der Waals surface area contributed by atoms with Gasteiger partial charge in [-0.05, 0) is 42.0 Å². The molecule has 3 aromatic rings. The van der Waals surface area contributed by atoms with Crippen LogP contribution < -0.4 is 20.1 Å². The molecule has 30 heavy (non-hydrogen) atoms. The van der Waals surface area contributed by atoms with Crippen LogP contribution in [0.4, 0.5) is 11.5 Å². The summed E-state index contributed by atoms with van der Waals surface area (Å²) in [5.41, 5.74) is 1.64. The summed E-state index contributed by atoms with van der Waals surface area (Å²) in [7, 11) is 3.11. The van der Waals surface area contributed by atoms with E-state index in [1.807, 2.05) is 36.4 Å². The van der Waals surface area contributed by atoms with E-state index in [1.54, 1.807) is 32.4 Å². The number of carbonyl (C=O) groups excluding carboxylic acids is 1. The predicted molar refractivity (Wildman–Crippen MR) is 120 cm³/mol. The Bertz CT molecular complexity index is 985. The third kappa shape index (κ3) is 6.27. The molecule has 0 aliphatic rings. The zero-order valence-corrected chi connectivity index (χ0v) is 18.1. The molecule has 0 aliphatic heterocycles. The lowest BCUT2D eigenvalue weighted by Gasteiger charge is -2.11. The first-order chi connectivity index (χ1) is 14.6. The van der Waals surface area contributed by atoms with Gasteiger partial charge in [-0.1, -0.05) is 35.5 Å². The molecule has 0 fully saturated rings. The summed E-state index contributed by atoms with van der Waals surface area (Å²) in [5.74, 6) is 1.85. The Balaban J connectivity index is 1.50. The first kappa shape index (κ1) is 21.7. The fourth-order valence-electron chi connectivity index (χ4n) is 2.52. The number of methoxy groups -OCH3 is 2. The molecule has 1 heterocycles. The smallest absolute Gasteiger partial charge is 0.234 e. The lowest BCUT2D eigenvalue weighted by Crippen LogP contribution is -2.15. The third-order valence-corrected chi connectivity index (χ3v) is 5.23. The summed E-state index contributed by atoms with van der Waals surface area (Å²) in [6, 6.07) is 16.4. The van der Waals surface area contributed by atoms with E-state index in [9.17, 15) is 4.79 Å². The van der Waals surface area contributed by atoms with Gasteiger partial charge in [-0.3, -0.25) is 4.79 Å². The number of rotatable bonds is 9. The summed E-state index contributed by atoms with van der Waals surface area (Å²) in [5, 5.41) is 15.7. The molecule has 0 saturated heterocycles. The number of ether oxygens (including phenoxy) is 2. The van der Waals surface area contributed by atoms with Crippen LogP contribution in [0.3, 0.4) is 0 Å². The summed E-state index contributed by atoms with van der Waals surface area (Å²) >= 11 is 7.18. The van der Waals surface area contributed by atoms with E-state index in [-0.39, 0.29) is 11.7 Å². The minimum absolute atomic E-state index is 0.182. The van der Waals surface area contributed by atoms with Crippen LogP contribution in [0, 0.1) is 0 Å². The predicted octanol–water partition coefficient (Wildman–Crippen LogP) is 4.49. The van der Waals surface area contributed by atoms with Crippen LogP contribution in [0.1, 0.15) is 5.56 Å². The van der Waals surface area contributed by atoms with Crippen LogP contribution in [0.25, 0.3) is 0 Å². The Morgan fingerprint density at radius 1 is 1.03 bits per heavy atom. The van der Waals surface area contributed by atoms with Crippen molar-refractivity contribution in [1.29, 1.82) is 0 Å². The topological polar surface area (TPSA) is 85.4 Å². The second kappa shape index (κ2) is 10.7. The molecule has 156 valence electrons. The van der Waals surface area contributed by atoms with Crippen LogP contribution in [-0.4, -0.2) is 36.1 Å². The number of aromatic nitrogens is 2. The molecule has 2 aromatic carbocycles. The standard InChI is InChI=1S/C21H21ClN4O3S/c1-28-16-7-8-18(29-2)17(11-16)24-20(27)13-30-21-10-9-19(25-26-21)23-12-14-3-5-15(22)6-4-14/h3-11H,12-13H2,1-2H3,(H,23,25)(H,24,27). The summed E-state index contributed by atoms with van der Waals surface area (Å²) in [6.07, 6.45) is 0. The lowest BCUT2D eigenvalue weighted by molar-refractivity contribution is -0.113. The largest absolute Gasteiger partial charge is 0.497 e. The van der Waals surface area contributed by atoms with E-state index in [0.29, 0.717) is 39.6 Å². The molecular weight excluding hydrogens is 424 g/mol. The van der Waals surface area contributed by atoms with Crippen molar-refractivity contribution < 1.29 is 14.3 Å². The van der Waals surface area contributed by atoms with Gasteiger partial charge in [-0.15, -0.1) is 10.2 Å². The number of amides is 1. The zero-order chi connectivity index (χ0) is 21.3. The van der Waals surface area contributed by atoms with Gasteiger partial charge < -0.3 is 20.1 Å². The molecule has 7 nitrogen and oxygen atoms in total. The van der Waals surface area contributed by atoms with E-state index in [4.69, 9.17) is 21.1 Å². The fraction of sp³-hybridized carbons (Fsp3) is 0.190. The molecule has 0 radical (unpaired) electrons. The summed E-state index contributed by atoms with van der Waals surface area (Å²) < 4.78 is 10.5. The molecule has 0 saturated carbocycles. The van der Waals surface area contributed by atoms with Crippen molar-refractivity contribution in [3.05, 3.63) is 65.2 Å². The SMILES string of the molecule is COc1ccc(OC)c(NC(=O)CSc2ccc(NCc3ccc(Cl)cc3)nn2)c1. The maximum absolute atomic E-state index is 12.3.